The van der Waals surface area contributed by atoms with Gasteiger partial charge in [0.1, 0.15) is 0 Å². The number of para-hydroxylation sites is 1. The maximum Gasteiger partial charge on any atom is 0.270 e. The number of fused-ring (bicyclic) bond motifs is 1. The number of piperidine rings is 1. The Labute approximate surface area is 180 Å². The molecule has 3 saturated heterocycles. The predicted octanol–water partition coefficient (Wildman–Crippen LogP) is 1.51. The molecule has 31 heavy (non-hydrogen) atoms. The zero-order valence-electron chi connectivity index (χ0n) is 17.3. The van der Waals surface area contributed by atoms with Crippen LogP contribution >= 0.6 is 0 Å². The highest BCUT2D eigenvalue weighted by molar-refractivity contribution is 7.88. The Morgan fingerprint density at radius 3 is 2.58 bits per heavy atom. The van der Waals surface area contributed by atoms with Crippen molar-refractivity contribution in [3.05, 3.63) is 24.4 Å². The van der Waals surface area contributed by atoms with Crippen LogP contribution in [0.25, 0.3) is 10.9 Å². The zero-order valence-corrected chi connectivity index (χ0v) is 18.1. The van der Waals surface area contributed by atoms with Crippen molar-refractivity contribution in [1.82, 2.24) is 19.6 Å². The van der Waals surface area contributed by atoms with Crippen molar-refractivity contribution in [1.29, 1.82) is 0 Å². The maximum absolute atomic E-state index is 14.3. The molecule has 0 amide bonds. The van der Waals surface area contributed by atoms with Crippen LogP contribution in [0.4, 0.5) is 20.4 Å². The maximum atomic E-state index is 14.3. The highest BCUT2D eigenvalue weighted by Gasteiger charge is 2.63. The third-order valence-corrected chi connectivity index (χ3v) is 8.06. The molecule has 0 aliphatic carbocycles. The van der Waals surface area contributed by atoms with Gasteiger partial charge in [-0.05, 0) is 18.9 Å². The third kappa shape index (κ3) is 3.62. The van der Waals surface area contributed by atoms with Crippen molar-refractivity contribution in [3.63, 3.8) is 0 Å². The minimum Gasteiger partial charge on any atom is -0.368 e. The van der Waals surface area contributed by atoms with Gasteiger partial charge in [-0.15, -0.1) is 0 Å². The fraction of sp³-hybridized carbons (Fsp3) is 0.600. The summed E-state index contributed by atoms with van der Waals surface area (Å²) in [7, 11) is -3.17. The first-order valence-electron chi connectivity index (χ1n) is 10.5. The Morgan fingerprint density at radius 1 is 1.19 bits per heavy atom. The number of nitrogens with one attached hydrogen (secondary N) is 2. The van der Waals surface area contributed by atoms with E-state index in [1.54, 1.807) is 6.20 Å². The summed E-state index contributed by atoms with van der Waals surface area (Å²) in [5.74, 6) is -2.22. The van der Waals surface area contributed by atoms with Gasteiger partial charge in [0.2, 0.25) is 16.0 Å². The average molecular weight is 453 g/mol. The molecular formula is C20H26F2N6O2S. The number of hydrogen-bond acceptors (Lipinski definition) is 7. The number of sulfonamides is 1. The van der Waals surface area contributed by atoms with Gasteiger partial charge in [0.15, 0.2) is 0 Å². The van der Waals surface area contributed by atoms with Gasteiger partial charge in [-0.25, -0.2) is 31.5 Å². The fourth-order valence-electron chi connectivity index (χ4n) is 4.85. The van der Waals surface area contributed by atoms with Crippen LogP contribution in [0.15, 0.2) is 24.4 Å². The lowest BCUT2D eigenvalue weighted by Crippen LogP contribution is -2.64. The molecule has 11 heteroatoms. The van der Waals surface area contributed by atoms with E-state index in [4.69, 9.17) is 4.98 Å². The lowest BCUT2D eigenvalue weighted by atomic mass is 9.76. The molecule has 2 N–H and O–H groups in total. The van der Waals surface area contributed by atoms with E-state index in [0.29, 0.717) is 51.5 Å². The van der Waals surface area contributed by atoms with E-state index in [2.05, 4.69) is 15.6 Å². The van der Waals surface area contributed by atoms with Crippen LogP contribution in [0.5, 0.6) is 0 Å². The van der Waals surface area contributed by atoms with Gasteiger partial charge in [0, 0.05) is 50.3 Å². The summed E-state index contributed by atoms with van der Waals surface area (Å²) in [6.07, 6.45) is 4.31. The largest absolute Gasteiger partial charge is 0.368 e. The molecule has 0 bridgehead atoms. The molecule has 2 aromatic rings. The molecule has 8 nitrogen and oxygen atoms in total. The van der Waals surface area contributed by atoms with Gasteiger partial charge in [-0.3, -0.25) is 0 Å². The number of aromatic nitrogens is 2. The molecule has 0 unspecified atom stereocenters. The van der Waals surface area contributed by atoms with E-state index in [0.717, 1.165) is 16.6 Å². The standard InChI is InChI=1S/C20H26F2N6O2S/c1-31(29,30)28-7-5-15(6-8-28)25-18-24-9-14-3-2-4-16(17(14)26-18)27-12-19(13-27)10-23-11-20(19,21)22/h2-4,9,15,23H,5-8,10-13H2,1H3,(H,24,25,26). The highest BCUT2D eigenvalue weighted by atomic mass is 32.2. The van der Waals surface area contributed by atoms with Crippen LogP contribution in [-0.4, -0.2) is 80.2 Å². The first-order chi connectivity index (χ1) is 14.7. The van der Waals surface area contributed by atoms with Gasteiger partial charge >= 0.3 is 0 Å². The van der Waals surface area contributed by atoms with Crippen molar-refractivity contribution in [2.75, 3.05) is 55.7 Å². The summed E-state index contributed by atoms with van der Waals surface area (Å²) >= 11 is 0. The van der Waals surface area contributed by atoms with E-state index >= 15 is 0 Å². The molecule has 5 rings (SSSR count). The van der Waals surface area contributed by atoms with E-state index in [9.17, 15) is 17.2 Å². The number of halogens is 2. The number of benzene rings is 1. The van der Waals surface area contributed by atoms with Crippen molar-refractivity contribution in [3.8, 4) is 0 Å². The van der Waals surface area contributed by atoms with Crippen molar-refractivity contribution >= 4 is 32.6 Å². The van der Waals surface area contributed by atoms with E-state index in [1.807, 2.05) is 23.1 Å². The Balaban J connectivity index is 1.33. The second-order valence-corrected chi connectivity index (χ2v) is 10.9. The molecule has 1 aromatic heterocycles. The van der Waals surface area contributed by atoms with Gasteiger partial charge in [0.25, 0.3) is 5.92 Å². The van der Waals surface area contributed by atoms with Gasteiger partial charge in [-0.2, -0.15) is 0 Å². The number of hydrogen-bond donors (Lipinski definition) is 2. The summed E-state index contributed by atoms with van der Waals surface area (Å²) in [6, 6.07) is 5.80. The topological polar surface area (TPSA) is 90.5 Å². The number of rotatable bonds is 4. The van der Waals surface area contributed by atoms with Gasteiger partial charge in [-0.1, -0.05) is 12.1 Å². The lowest BCUT2D eigenvalue weighted by Gasteiger charge is -2.51. The SMILES string of the molecule is CS(=O)(=O)N1CCC(Nc2ncc3cccc(N4CC5(CNCC5(F)F)C4)c3n2)CC1. The summed E-state index contributed by atoms with van der Waals surface area (Å²) in [5, 5.41) is 7.00. The highest BCUT2D eigenvalue weighted by Crippen LogP contribution is 2.49. The first-order valence-corrected chi connectivity index (χ1v) is 12.3. The second kappa shape index (κ2) is 7.21. The van der Waals surface area contributed by atoms with Gasteiger partial charge in [0.05, 0.1) is 29.4 Å². The number of nitrogens with zero attached hydrogens (tertiary/aromatic N) is 4. The molecular weight excluding hydrogens is 426 g/mol. The summed E-state index contributed by atoms with van der Waals surface area (Å²) in [4.78, 5) is 11.1. The molecule has 1 aromatic carbocycles. The zero-order chi connectivity index (χ0) is 21.9. The van der Waals surface area contributed by atoms with Crippen LogP contribution < -0.4 is 15.5 Å². The summed E-state index contributed by atoms with van der Waals surface area (Å²) in [5.41, 5.74) is 0.567. The summed E-state index contributed by atoms with van der Waals surface area (Å²) in [6.45, 7) is 1.59. The molecule has 4 heterocycles. The first kappa shape index (κ1) is 20.8. The molecule has 1 spiro atoms. The lowest BCUT2D eigenvalue weighted by molar-refractivity contribution is -0.0961. The Kier molecular flexibility index (Phi) is 4.83. The predicted molar refractivity (Wildman–Crippen MR) is 115 cm³/mol. The molecule has 3 aliphatic heterocycles. The molecule has 0 saturated carbocycles. The second-order valence-electron chi connectivity index (χ2n) is 8.93. The van der Waals surface area contributed by atoms with Gasteiger partial charge < -0.3 is 15.5 Å². The molecule has 3 aliphatic rings. The smallest absolute Gasteiger partial charge is 0.270 e. The van der Waals surface area contributed by atoms with Crippen LogP contribution in [0, 0.1) is 5.41 Å². The monoisotopic (exact) mass is 452 g/mol. The van der Waals surface area contributed by atoms with E-state index in [1.165, 1.54) is 10.6 Å². The van der Waals surface area contributed by atoms with Crippen LogP contribution in [0.3, 0.4) is 0 Å². The van der Waals surface area contributed by atoms with E-state index in [-0.39, 0.29) is 12.6 Å². The molecule has 0 radical (unpaired) electrons. The molecule has 3 fully saturated rings. The minimum absolute atomic E-state index is 0.0816. The minimum atomic E-state index is -3.17. The normalized spacial score (nSPS) is 23.9. The Hall–Kier alpha value is -2.11. The van der Waals surface area contributed by atoms with Crippen molar-refractivity contribution < 1.29 is 17.2 Å². The summed E-state index contributed by atoms with van der Waals surface area (Å²) < 4.78 is 53.5. The van der Waals surface area contributed by atoms with Crippen LogP contribution in [0.2, 0.25) is 0 Å². The average Bonchev–Trinajstić information content (AvgIpc) is 3.01. The van der Waals surface area contributed by atoms with Crippen molar-refractivity contribution in [2.45, 2.75) is 24.8 Å². The third-order valence-electron chi connectivity index (χ3n) is 6.76. The molecule has 0 atom stereocenters. The van der Waals surface area contributed by atoms with Crippen molar-refractivity contribution in [2.24, 2.45) is 5.41 Å². The van der Waals surface area contributed by atoms with Crippen LogP contribution in [0.1, 0.15) is 12.8 Å². The Bertz CT molecular complexity index is 1100. The number of anilines is 2. The Morgan fingerprint density at radius 2 is 1.94 bits per heavy atom. The number of alkyl halides is 2. The molecule has 168 valence electrons. The van der Waals surface area contributed by atoms with Crippen LogP contribution in [-0.2, 0) is 10.0 Å². The van der Waals surface area contributed by atoms with E-state index < -0.39 is 21.4 Å². The fourth-order valence-corrected chi connectivity index (χ4v) is 5.73. The quantitative estimate of drug-likeness (QED) is 0.727.